The largest absolute Gasteiger partial charge is 0.459 e. The number of carbonyl (C=O) groups is 1. The maximum Gasteiger partial charge on any atom is 0.327 e. The van der Waals surface area contributed by atoms with Gasteiger partial charge in [0.2, 0.25) is 0 Å². The molecule has 0 amide bonds. The second-order valence-electron chi connectivity index (χ2n) is 7.16. The van der Waals surface area contributed by atoms with Crippen LogP contribution in [0.2, 0.25) is 0 Å². The molecular formula is C13H24O7S2. The van der Waals surface area contributed by atoms with E-state index < -0.39 is 47.6 Å². The van der Waals surface area contributed by atoms with Crippen LogP contribution in [0.3, 0.4) is 0 Å². The quantitative estimate of drug-likeness (QED) is 0.517. The molecule has 1 aliphatic rings. The maximum atomic E-state index is 12.8. The highest BCUT2D eigenvalue weighted by atomic mass is 32.2. The molecule has 1 saturated carbocycles. The second kappa shape index (κ2) is 5.45. The van der Waals surface area contributed by atoms with Crippen LogP contribution in [0.4, 0.5) is 0 Å². The van der Waals surface area contributed by atoms with Crippen molar-refractivity contribution in [2.75, 3.05) is 12.9 Å². The van der Waals surface area contributed by atoms with Crippen molar-refractivity contribution < 1.29 is 30.6 Å². The molecule has 0 aromatic heterocycles. The fourth-order valence-electron chi connectivity index (χ4n) is 1.90. The number of sulfone groups is 1. The minimum absolute atomic E-state index is 0.261. The molecular weight excluding hydrogens is 332 g/mol. The Morgan fingerprint density at radius 2 is 1.50 bits per heavy atom. The molecule has 130 valence electrons. The summed E-state index contributed by atoms with van der Waals surface area (Å²) in [5.41, 5.74) is -0.816. The summed E-state index contributed by atoms with van der Waals surface area (Å²) in [6.07, 6.45) is 1.38. The van der Waals surface area contributed by atoms with Gasteiger partial charge >= 0.3 is 5.97 Å². The molecule has 0 aromatic rings. The monoisotopic (exact) mass is 356 g/mol. The zero-order valence-electron chi connectivity index (χ0n) is 13.8. The van der Waals surface area contributed by atoms with Crippen LogP contribution in [0, 0.1) is 0 Å². The molecule has 0 radical (unpaired) electrons. The molecule has 0 atom stereocenters. The standard InChI is InChI=1S/C13H24O7S2/c1-11(2,3)20-10(14)12(4,5)22(17,18)13(7-8-13)9-19-21(6,15)16/h7-9H2,1-6H3. The van der Waals surface area contributed by atoms with E-state index in [1.165, 1.54) is 13.8 Å². The lowest BCUT2D eigenvalue weighted by molar-refractivity contribution is -0.157. The third-order valence-electron chi connectivity index (χ3n) is 3.48. The summed E-state index contributed by atoms with van der Waals surface area (Å²) in [6.45, 7) is 7.02. The summed E-state index contributed by atoms with van der Waals surface area (Å²) in [5.74, 6) is -0.856. The average molecular weight is 356 g/mol. The summed E-state index contributed by atoms with van der Waals surface area (Å²) in [5, 5.41) is 0. The molecule has 0 heterocycles. The number of rotatable bonds is 6. The molecule has 1 rings (SSSR count). The molecule has 0 N–H and O–H groups in total. The average Bonchev–Trinajstić information content (AvgIpc) is 3.03. The molecule has 7 nitrogen and oxygen atoms in total. The third-order valence-corrected chi connectivity index (χ3v) is 7.20. The molecule has 0 bridgehead atoms. The maximum absolute atomic E-state index is 12.8. The van der Waals surface area contributed by atoms with Crippen molar-refractivity contribution in [1.29, 1.82) is 0 Å². The van der Waals surface area contributed by atoms with Crippen molar-refractivity contribution in [2.45, 2.75) is 62.6 Å². The number of hydrogen-bond acceptors (Lipinski definition) is 7. The van der Waals surface area contributed by atoms with Crippen molar-refractivity contribution in [3.05, 3.63) is 0 Å². The van der Waals surface area contributed by atoms with Crippen LogP contribution in [0.25, 0.3) is 0 Å². The zero-order valence-corrected chi connectivity index (χ0v) is 15.4. The summed E-state index contributed by atoms with van der Waals surface area (Å²) in [4.78, 5) is 12.2. The highest BCUT2D eigenvalue weighted by molar-refractivity contribution is 7.95. The van der Waals surface area contributed by atoms with Gasteiger partial charge in [-0.2, -0.15) is 8.42 Å². The SMILES string of the molecule is CC(C)(C)OC(=O)C(C)(C)S(=O)(=O)C1(COS(C)(=O)=O)CC1. The Labute approximate surface area is 132 Å². The van der Waals surface area contributed by atoms with E-state index in [0.29, 0.717) is 0 Å². The zero-order chi connectivity index (χ0) is 17.6. The van der Waals surface area contributed by atoms with Crippen molar-refractivity contribution in [3.8, 4) is 0 Å². The van der Waals surface area contributed by atoms with Crippen molar-refractivity contribution in [1.82, 2.24) is 0 Å². The molecule has 1 aliphatic carbocycles. The minimum Gasteiger partial charge on any atom is -0.459 e. The topological polar surface area (TPSA) is 104 Å². The van der Waals surface area contributed by atoms with E-state index in [2.05, 4.69) is 4.18 Å². The van der Waals surface area contributed by atoms with Crippen LogP contribution in [0.5, 0.6) is 0 Å². The summed E-state index contributed by atoms with van der Waals surface area (Å²) >= 11 is 0. The lowest BCUT2D eigenvalue weighted by Crippen LogP contribution is -2.51. The highest BCUT2D eigenvalue weighted by Crippen LogP contribution is 2.49. The van der Waals surface area contributed by atoms with Crippen LogP contribution in [0.15, 0.2) is 0 Å². The van der Waals surface area contributed by atoms with Crippen LogP contribution in [-0.4, -0.2) is 50.8 Å². The van der Waals surface area contributed by atoms with Gasteiger partial charge in [0.15, 0.2) is 14.6 Å². The van der Waals surface area contributed by atoms with E-state index >= 15 is 0 Å². The van der Waals surface area contributed by atoms with Gasteiger partial charge in [-0.15, -0.1) is 0 Å². The van der Waals surface area contributed by atoms with E-state index in [9.17, 15) is 21.6 Å². The van der Waals surface area contributed by atoms with E-state index in [1.807, 2.05) is 0 Å². The Balaban J connectivity index is 3.04. The first-order chi connectivity index (χ1) is 9.54. The van der Waals surface area contributed by atoms with Crippen LogP contribution < -0.4 is 0 Å². The van der Waals surface area contributed by atoms with Gasteiger partial charge in [0.1, 0.15) is 5.60 Å². The van der Waals surface area contributed by atoms with Gasteiger partial charge in [0.25, 0.3) is 10.1 Å². The fourth-order valence-corrected chi connectivity index (χ4v) is 4.61. The third kappa shape index (κ3) is 3.99. The van der Waals surface area contributed by atoms with Gasteiger partial charge in [-0.3, -0.25) is 8.98 Å². The molecule has 22 heavy (non-hydrogen) atoms. The molecule has 9 heteroatoms. The lowest BCUT2D eigenvalue weighted by atomic mass is 10.1. The Morgan fingerprint density at radius 3 is 1.82 bits per heavy atom. The Bertz CT molecular complexity index is 647. The molecule has 0 aliphatic heterocycles. The molecule has 0 spiro atoms. The molecule has 0 unspecified atom stereocenters. The van der Waals surface area contributed by atoms with Gasteiger partial charge in [-0.05, 0) is 47.5 Å². The minimum atomic E-state index is -3.98. The van der Waals surface area contributed by atoms with Gasteiger partial charge in [0.05, 0.1) is 17.6 Å². The van der Waals surface area contributed by atoms with Crippen molar-refractivity contribution in [3.63, 3.8) is 0 Å². The normalized spacial score (nSPS) is 18.8. The van der Waals surface area contributed by atoms with Gasteiger partial charge in [0, 0.05) is 0 Å². The predicted octanol–water partition coefficient (Wildman–Crippen LogP) is 1.03. The van der Waals surface area contributed by atoms with E-state index in [4.69, 9.17) is 4.74 Å². The molecule has 0 saturated heterocycles. The molecule has 1 fully saturated rings. The van der Waals surface area contributed by atoms with Gasteiger partial charge in [-0.25, -0.2) is 8.42 Å². The van der Waals surface area contributed by atoms with E-state index in [-0.39, 0.29) is 12.8 Å². The van der Waals surface area contributed by atoms with Gasteiger partial charge < -0.3 is 4.74 Å². The molecule has 0 aromatic carbocycles. The Morgan fingerprint density at radius 1 is 1.05 bits per heavy atom. The lowest BCUT2D eigenvalue weighted by Gasteiger charge is -2.31. The van der Waals surface area contributed by atoms with Crippen molar-refractivity contribution >= 4 is 25.9 Å². The Hall–Kier alpha value is -0.670. The smallest absolute Gasteiger partial charge is 0.327 e. The van der Waals surface area contributed by atoms with E-state index in [1.54, 1.807) is 20.8 Å². The summed E-state index contributed by atoms with van der Waals surface area (Å²) < 4.78 is 54.5. The van der Waals surface area contributed by atoms with Gasteiger partial charge in [-0.1, -0.05) is 0 Å². The number of carbonyl (C=O) groups excluding carboxylic acids is 1. The predicted molar refractivity (Wildman–Crippen MR) is 81.6 cm³/mol. The van der Waals surface area contributed by atoms with Crippen molar-refractivity contribution in [2.24, 2.45) is 0 Å². The summed E-state index contributed by atoms with van der Waals surface area (Å²) in [6, 6.07) is 0. The number of hydrogen-bond donors (Lipinski definition) is 0. The number of ether oxygens (including phenoxy) is 1. The first kappa shape index (κ1) is 19.4. The van der Waals surface area contributed by atoms with Crippen LogP contribution >= 0.6 is 0 Å². The first-order valence-corrected chi connectivity index (χ1v) is 10.2. The second-order valence-corrected chi connectivity index (χ2v) is 11.7. The Kier molecular flexibility index (Phi) is 4.80. The van der Waals surface area contributed by atoms with Crippen LogP contribution in [0.1, 0.15) is 47.5 Å². The number of esters is 1. The first-order valence-electron chi connectivity index (χ1n) is 6.86. The summed E-state index contributed by atoms with van der Waals surface area (Å²) in [7, 11) is -7.74. The highest BCUT2D eigenvalue weighted by Gasteiger charge is 2.63. The van der Waals surface area contributed by atoms with E-state index in [0.717, 1.165) is 6.26 Å². The fraction of sp³-hybridized carbons (Fsp3) is 0.923. The van der Waals surface area contributed by atoms with Crippen LogP contribution in [-0.2, 0) is 33.7 Å².